The van der Waals surface area contributed by atoms with E-state index in [0.717, 1.165) is 12.8 Å². The van der Waals surface area contributed by atoms with Gasteiger partial charge in [-0.25, -0.2) is 0 Å². The topological polar surface area (TPSA) is 72.2 Å². The highest BCUT2D eigenvalue weighted by atomic mass is 16.6. The number of amides is 1. The lowest BCUT2D eigenvalue weighted by Gasteiger charge is -2.05. The first-order valence-electron chi connectivity index (χ1n) is 6.73. The monoisotopic (exact) mass is 260 g/mol. The Morgan fingerprint density at radius 1 is 1.21 bits per heavy atom. The van der Waals surface area contributed by atoms with Gasteiger partial charge in [-0.3, -0.25) is 14.9 Å². The summed E-state index contributed by atoms with van der Waals surface area (Å²) in [5.41, 5.74) is 0.264. The fourth-order valence-corrected chi connectivity index (χ4v) is 3.34. The maximum absolute atomic E-state index is 12.2. The Labute approximate surface area is 111 Å². The predicted octanol–water partition coefficient (Wildman–Crippen LogP) is 2.97. The highest BCUT2D eigenvalue weighted by Gasteiger charge is 2.54. The van der Waals surface area contributed by atoms with E-state index in [1.165, 1.54) is 18.9 Å². The molecule has 0 bridgehead atoms. The molecule has 100 valence electrons. The molecule has 1 aromatic carbocycles. The van der Waals surface area contributed by atoms with Crippen molar-refractivity contribution in [1.29, 1.82) is 0 Å². The average molecular weight is 260 g/mol. The van der Waals surface area contributed by atoms with E-state index in [2.05, 4.69) is 5.32 Å². The maximum atomic E-state index is 12.2. The lowest BCUT2D eigenvalue weighted by atomic mass is 10.0. The van der Waals surface area contributed by atoms with Crippen LogP contribution in [0.4, 0.5) is 11.4 Å². The standard InChI is InChI=1S/C14H16N2O3/c17-14(13-9-5-1-2-6-10(9)13)15-11-7-3-4-8-12(11)16(18)19/h3-4,7-10,13H,1-2,5-6H2,(H,15,17). The van der Waals surface area contributed by atoms with Gasteiger partial charge in [0.2, 0.25) is 5.91 Å². The van der Waals surface area contributed by atoms with E-state index >= 15 is 0 Å². The van der Waals surface area contributed by atoms with E-state index in [1.807, 2.05) is 0 Å². The van der Waals surface area contributed by atoms with Gasteiger partial charge in [-0.05, 0) is 30.7 Å². The zero-order valence-corrected chi connectivity index (χ0v) is 10.5. The van der Waals surface area contributed by atoms with Crippen molar-refractivity contribution in [3.8, 4) is 0 Å². The Morgan fingerprint density at radius 2 is 1.84 bits per heavy atom. The zero-order valence-electron chi connectivity index (χ0n) is 10.5. The summed E-state index contributed by atoms with van der Waals surface area (Å²) in [4.78, 5) is 22.6. The molecular weight excluding hydrogens is 244 g/mol. The third-order valence-corrected chi connectivity index (χ3v) is 4.32. The molecule has 2 aliphatic carbocycles. The Morgan fingerprint density at radius 3 is 2.47 bits per heavy atom. The van der Waals surface area contributed by atoms with Gasteiger partial charge in [-0.15, -0.1) is 0 Å². The molecule has 19 heavy (non-hydrogen) atoms. The van der Waals surface area contributed by atoms with Gasteiger partial charge in [0.05, 0.1) is 4.92 Å². The van der Waals surface area contributed by atoms with Crippen molar-refractivity contribution in [2.24, 2.45) is 17.8 Å². The van der Waals surface area contributed by atoms with E-state index in [0.29, 0.717) is 17.5 Å². The summed E-state index contributed by atoms with van der Waals surface area (Å²) in [6.07, 6.45) is 4.66. The molecule has 2 fully saturated rings. The van der Waals surface area contributed by atoms with Gasteiger partial charge in [0.15, 0.2) is 0 Å². The summed E-state index contributed by atoms with van der Waals surface area (Å²) >= 11 is 0. The molecule has 0 spiro atoms. The summed E-state index contributed by atoms with van der Waals surface area (Å²) in [5.74, 6) is 1.04. The minimum absolute atomic E-state index is 0.0422. The van der Waals surface area contributed by atoms with Crippen molar-refractivity contribution in [2.75, 3.05) is 5.32 Å². The van der Waals surface area contributed by atoms with Crippen LogP contribution in [0.5, 0.6) is 0 Å². The molecule has 0 aromatic heterocycles. The molecule has 0 radical (unpaired) electrons. The molecule has 5 heteroatoms. The highest BCUT2D eigenvalue weighted by molar-refractivity contribution is 5.96. The van der Waals surface area contributed by atoms with E-state index in [4.69, 9.17) is 0 Å². The number of fused-ring (bicyclic) bond motifs is 1. The van der Waals surface area contributed by atoms with Crippen LogP contribution in [-0.2, 0) is 4.79 Å². The smallest absolute Gasteiger partial charge is 0.292 e. The van der Waals surface area contributed by atoms with Crippen molar-refractivity contribution in [3.63, 3.8) is 0 Å². The van der Waals surface area contributed by atoms with Gasteiger partial charge < -0.3 is 5.32 Å². The Bertz CT molecular complexity index is 517. The molecule has 1 N–H and O–H groups in total. The van der Waals surface area contributed by atoms with Crippen molar-refractivity contribution in [2.45, 2.75) is 25.7 Å². The molecule has 0 heterocycles. The number of nitrogens with zero attached hydrogens (tertiary/aromatic N) is 1. The average Bonchev–Trinajstić information content (AvgIpc) is 3.13. The van der Waals surface area contributed by atoms with Crippen LogP contribution >= 0.6 is 0 Å². The van der Waals surface area contributed by atoms with E-state index < -0.39 is 4.92 Å². The molecule has 1 amide bonds. The van der Waals surface area contributed by atoms with Crippen LogP contribution in [0.15, 0.2) is 24.3 Å². The second-order valence-electron chi connectivity index (χ2n) is 5.40. The molecule has 0 saturated heterocycles. The first kappa shape index (κ1) is 12.1. The van der Waals surface area contributed by atoms with Crippen molar-refractivity contribution in [1.82, 2.24) is 0 Å². The number of nitrogens with one attached hydrogen (secondary N) is 1. The number of carbonyl (C=O) groups is 1. The number of anilines is 1. The molecule has 2 aliphatic rings. The van der Waals surface area contributed by atoms with Crippen LogP contribution in [-0.4, -0.2) is 10.8 Å². The fourth-order valence-electron chi connectivity index (χ4n) is 3.34. The van der Waals surface area contributed by atoms with E-state index in [1.54, 1.807) is 18.2 Å². The van der Waals surface area contributed by atoms with Crippen LogP contribution in [0, 0.1) is 27.9 Å². The number of nitro benzene ring substituents is 1. The van der Waals surface area contributed by atoms with E-state index in [9.17, 15) is 14.9 Å². The predicted molar refractivity (Wildman–Crippen MR) is 70.7 cm³/mol. The third-order valence-electron chi connectivity index (χ3n) is 4.32. The Balaban J connectivity index is 1.72. The molecular formula is C14H16N2O3. The number of nitro groups is 1. The minimum atomic E-state index is -0.463. The van der Waals surface area contributed by atoms with Gasteiger partial charge in [-0.1, -0.05) is 25.0 Å². The van der Waals surface area contributed by atoms with Gasteiger partial charge in [0.25, 0.3) is 5.69 Å². The number of hydrogen-bond acceptors (Lipinski definition) is 3. The molecule has 0 aliphatic heterocycles. The SMILES string of the molecule is O=C(Nc1ccccc1[N+](=O)[O-])C1C2CCCCC21. The lowest BCUT2D eigenvalue weighted by molar-refractivity contribution is -0.383. The summed E-state index contributed by atoms with van der Waals surface area (Å²) in [6, 6.07) is 6.30. The van der Waals surface area contributed by atoms with Gasteiger partial charge >= 0.3 is 0 Å². The second-order valence-corrected chi connectivity index (χ2v) is 5.40. The molecule has 3 rings (SSSR count). The first-order chi connectivity index (χ1) is 9.18. The zero-order chi connectivity index (χ0) is 13.4. The normalized spacial score (nSPS) is 28.3. The number of carbonyl (C=O) groups excluding carboxylic acids is 1. The molecule has 2 unspecified atom stereocenters. The molecule has 1 aromatic rings. The summed E-state index contributed by atoms with van der Waals surface area (Å²) < 4.78 is 0. The highest BCUT2D eigenvalue weighted by Crippen LogP contribution is 2.55. The van der Waals surface area contributed by atoms with Crippen LogP contribution in [0.1, 0.15) is 25.7 Å². The first-order valence-corrected chi connectivity index (χ1v) is 6.73. The van der Waals surface area contributed by atoms with Crippen molar-refractivity contribution >= 4 is 17.3 Å². The van der Waals surface area contributed by atoms with Crippen LogP contribution < -0.4 is 5.32 Å². The van der Waals surface area contributed by atoms with Crippen LogP contribution in [0.3, 0.4) is 0 Å². The molecule has 2 atom stereocenters. The summed E-state index contributed by atoms with van der Waals surface area (Å²) in [7, 11) is 0. The van der Waals surface area contributed by atoms with Crippen LogP contribution in [0.2, 0.25) is 0 Å². The summed E-state index contributed by atoms with van der Waals surface area (Å²) in [5, 5.41) is 13.6. The van der Waals surface area contributed by atoms with Gasteiger partial charge in [-0.2, -0.15) is 0 Å². The Kier molecular flexibility index (Phi) is 2.97. The third kappa shape index (κ3) is 2.20. The Hall–Kier alpha value is -1.91. The maximum Gasteiger partial charge on any atom is 0.292 e. The van der Waals surface area contributed by atoms with E-state index in [-0.39, 0.29) is 17.5 Å². The van der Waals surface area contributed by atoms with Crippen molar-refractivity contribution < 1.29 is 9.72 Å². The lowest BCUT2D eigenvalue weighted by Crippen LogP contribution is -2.16. The van der Waals surface area contributed by atoms with Gasteiger partial charge in [0.1, 0.15) is 5.69 Å². The second kappa shape index (κ2) is 4.64. The summed E-state index contributed by atoms with van der Waals surface area (Å²) in [6.45, 7) is 0. The quantitative estimate of drug-likeness (QED) is 0.670. The van der Waals surface area contributed by atoms with Crippen molar-refractivity contribution in [3.05, 3.63) is 34.4 Å². The number of benzene rings is 1. The minimum Gasteiger partial charge on any atom is -0.320 e. The fraction of sp³-hybridized carbons (Fsp3) is 0.500. The number of para-hydroxylation sites is 2. The molecule has 2 saturated carbocycles. The largest absolute Gasteiger partial charge is 0.320 e. The molecule has 5 nitrogen and oxygen atoms in total. The van der Waals surface area contributed by atoms with Crippen LogP contribution in [0.25, 0.3) is 0 Å². The number of hydrogen-bond donors (Lipinski definition) is 1. The van der Waals surface area contributed by atoms with Gasteiger partial charge in [0, 0.05) is 12.0 Å². The number of rotatable bonds is 3.